The van der Waals surface area contributed by atoms with Crippen LogP contribution >= 0.6 is 0 Å². The first-order chi connectivity index (χ1) is 5.20. The Morgan fingerprint density at radius 2 is 2.09 bits per heavy atom. The fourth-order valence-corrected chi connectivity index (χ4v) is 2.30. The molecule has 0 N–H and O–H groups in total. The maximum atomic E-state index is 2.55. The molecule has 0 heterocycles. The van der Waals surface area contributed by atoms with Gasteiger partial charge in [-0.3, -0.25) is 0 Å². The van der Waals surface area contributed by atoms with Crippen molar-refractivity contribution in [3.63, 3.8) is 0 Å². The van der Waals surface area contributed by atoms with E-state index in [0.29, 0.717) is 21.5 Å². The van der Waals surface area contributed by atoms with Gasteiger partial charge in [0.1, 0.15) is 0 Å². The van der Waals surface area contributed by atoms with E-state index in [0.717, 1.165) is 0 Å². The molecule has 0 fully saturated rings. The Balaban J connectivity index is 3.43. The van der Waals surface area contributed by atoms with Crippen LogP contribution in [0.1, 0.15) is 27.2 Å². The zero-order chi connectivity index (χ0) is 8.69. The van der Waals surface area contributed by atoms with Crippen LogP contribution in [0.5, 0.6) is 0 Å². The molecule has 0 amide bonds. The van der Waals surface area contributed by atoms with Gasteiger partial charge in [0.2, 0.25) is 0 Å². The molecular formula is C9H19IN-. The van der Waals surface area contributed by atoms with Crippen LogP contribution in [-0.2, 0) is 0 Å². The third-order valence-electron chi connectivity index (χ3n) is 1.51. The average molecular weight is 268 g/mol. The van der Waals surface area contributed by atoms with Gasteiger partial charge in [0, 0.05) is 0 Å². The summed E-state index contributed by atoms with van der Waals surface area (Å²) in [5.41, 5.74) is 1.44. The first kappa shape index (κ1) is 11.4. The van der Waals surface area contributed by atoms with E-state index in [9.17, 15) is 0 Å². The second-order valence-electron chi connectivity index (χ2n) is 2.74. The molecule has 0 radical (unpaired) electrons. The molecule has 1 nitrogen and oxygen atoms in total. The van der Waals surface area contributed by atoms with Crippen molar-refractivity contribution in [1.82, 2.24) is 3.11 Å². The summed E-state index contributed by atoms with van der Waals surface area (Å²) in [5, 5.41) is 0. The summed E-state index contributed by atoms with van der Waals surface area (Å²) >= 11 is 0.313. The van der Waals surface area contributed by atoms with Crippen molar-refractivity contribution in [3.8, 4) is 0 Å². The molecule has 0 saturated carbocycles. The Hall–Kier alpha value is 0.430. The van der Waals surface area contributed by atoms with Gasteiger partial charge in [0.05, 0.1) is 0 Å². The molecule has 0 aliphatic carbocycles. The van der Waals surface area contributed by atoms with Crippen molar-refractivity contribution in [2.24, 2.45) is 0 Å². The number of halogens is 1. The minimum absolute atomic E-state index is 0.313. The predicted octanol–water partition coefficient (Wildman–Crippen LogP) is -0.702. The van der Waals surface area contributed by atoms with E-state index in [1.807, 2.05) is 0 Å². The van der Waals surface area contributed by atoms with Gasteiger partial charge in [0.15, 0.2) is 0 Å². The van der Waals surface area contributed by atoms with Gasteiger partial charge in [-0.2, -0.15) is 0 Å². The minimum atomic E-state index is 0.313. The normalized spacial score (nSPS) is 10.6. The van der Waals surface area contributed by atoms with Crippen molar-refractivity contribution in [3.05, 3.63) is 11.6 Å². The average Bonchev–Trinajstić information content (AvgIpc) is 1.98. The maximum absolute atomic E-state index is 2.55. The molecular weight excluding hydrogens is 249 g/mol. The van der Waals surface area contributed by atoms with Crippen molar-refractivity contribution in [2.75, 3.05) is 18.0 Å². The van der Waals surface area contributed by atoms with Gasteiger partial charge >= 0.3 is 81.5 Å². The van der Waals surface area contributed by atoms with Crippen LogP contribution in [0, 0.1) is 0 Å². The summed E-state index contributed by atoms with van der Waals surface area (Å²) in [7, 11) is 0. The van der Waals surface area contributed by atoms with Crippen molar-refractivity contribution < 1.29 is 21.5 Å². The first-order valence-electron chi connectivity index (χ1n) is 4.08. The van der Waals surface area contributed by atoms with Gasteiger partial charge in [-0.15, -0.1) is 0 Å². The zero-order valence-corrected chi connectivity index (χ0v) is 10.2. The number of hydrogen-bond donors (Lipinski definition) is 0. The first-order valence-corrected chi connectivity index (χ1v) is 7.21. The molecule has 2 heteroatoms. The predicted molar refractivity (Wildman–Crippen MR) is 47.2 cm³/mol. The topological polar surface area (TPSA) is 3.24 Å². The third kappa shape index (κ3) is 6.81. The molecule has 0 aromatic carbocycles. The Kier molecular flexibility index (Phi) is 7.38. The molecule has 0 saturated heterocycles. The summed E-state index contributed by atoms with van der Waals surface area (Å²) in [4.78, 5) is 2.32. The summed E-state index contributed by atoms with van der Waals surface area (Å²) in [6.45, 7) is 9.05. The van der Waals surface area contributed by atoms with Crippen LogP contribution in [0.2, 0.25) is 0 Å². The van der Waals surface area contributed by atoms with E-state index >= 15 is 0 Å². The number of rotatable bonds is 5. The van der Waals surface area contributed by atoms with Crippen molar-refractivity contribution in [1.29, 1.82) is 0 Å². The summed E-state index contributed by atoms with van der Waals surface area (Å²) in [5.74, 6) is 0. The van der Waals surface area contributed by atoms with Crippen molar-refractivity contribution >= 4 is 0 Å². The number of alkyl halides is 1. The molecule has 0 aliphatic rings. The molecule has 0 unspecified atom stereocenters. The van der Waals surface area contributed by atoms with Gasteiger partial charge in [0.25, 0.3) is 0 Å². The molecule has 68 valence electrons. The molecule has 0 aliphatic heterocycles. The Bertz CT molecular complexity index is 113. The molecule has 0 bridgehead atoms. The summed E-state index contributed by atoms with van der Waals surface area (Å²) in [6, 6.07) is 0. The number of nitrogens with zero attached hydrogens (tertiary/aromatic N) is 1. The van der Waals surface area contributed by atoms with E-state index in [1.165, 1.54) is 25.1 Å². The number of allylic oxidation sites excluding steroid dienone is 1. The fraction of sp³-hybridized carbons (Fsp3) is 0.778. The second-order valence-corrected chi connectivity index (χ2v) is 5.07. The molecule has 0 aromatic rings. The molecule has 0 atom stereocenters. The summed E-state index contributed by atoms with van der Waals surface area (Å²) in [6.07, 6.45) is 3.55. The summed E-state index contributed by atoms with van der Waals surface area (Å²) < 4.78 is 2.55. The van der Waals surface area contributed by atoms with Crippen LogP contribution in [0.25, 0.3) is 0 Å². The zero-order valence-electron chi connectivity index (χ0n) is 8.02. The van der Waals surface area contributed by atoms with Gasteiger partial charge < -0.3 is 0 Å². The standard InChI is InChI=1S/C9H19IN/c1-5-11(10-4)8-6-7-9(2)3/h7H,5-6,8H2,1-4H3/q-1. The fourth-order valence-electron chi connectivity index (χ4n) is 0.855. The quantitative estimate of drug-likeness (QED) is 0.276. The SMILES string of the molecule is CCN(CCC=C(C)C)[I-]C. The number of hydrogen-bond acceptors (Lipinski definition) is 1. The monoisotopic (exact) mass is 268 g/mol. The van der Waals surface area contributed by atoms with Gasteiger partial charge in [-0.1, -0.05) is 0 Å². The van der Waals surface area contributed by atoms with E-state index < -0.39 is 0 Å². The van der Waals surface area contributed by atoms with E-state index in [2.05, 4.69) is 34.9 Å². The van der Waals surface area contributed by atoms with E-state index in [-0.39, 0.29) is 0 Å². The van der Waals surface area contributed by atoms with Crippen LogP contribution in [0.15, 0.2) is 11.6 Å². The molecule has 0 rings (SSSR count). The van der Waals surface area contributed by atoms with E-state index in [4.69, 9.17) is 0 Å². The molecule has 0 aromatic heterocycles. The Labute approximate surface area is 81.5 Å². The molecule has 11 heavy (non-hydrogen) atoms. The van der Waals surface area contributed by atoms with Crippen LogP contribution < -0.4 is 21.5 Å². The van der Waals surface area contributed by atoms with Crippen LogP contribution in [0.4, 0.5) is 0 Å². The van der Waals surface area contributed by atoms with Gasteiger partial charge in [-0.05, 0) is 0 Å². The van der Waals surface area contributed by atoms with Crippen LogP contribution in [0.3, 0.4) is 0 Å². The van der Waals surface area contributed by atoms with Crippen LogP contribution in [-0.4, -0.2) is 21.1 Å². The molecule has 0 spiro atoms. The van der Waals surface area contributed by atoms with Gasteiger partial charge in [-0.25, -0.2) is 0 Å². The second kappa shape index (κ2) is 7.10. The van der Waals surface area contributed by atoms with E-state index in [1.54, 1.807) is 0 Å². The Morgan fingerprint density at radius 1 is 1.45 bits per heavy atom. The Morgan fingerprint density at radius 3 is 2.45 bits per heavy atom. The van der Waals surface area contributed by atoms with Crippen molar-refractivity contribution in [2.45, 2.75) is 27.2 Å². The third-order valence-corrected chi connectivity index (χ3v) is 4.04.